The molecule has 0 aromatic heterocycles. The Hall–Kier alpha value is -1.82. The van der Waals surface area contributed by atoms with Crippen LogP contribution in [0.15, 0.2) is 24.3 Å². The molecule has 5 nitrogen and oxygen atoms in total. The molecular formula is C13H17FN2O3. The molecule has 1 aromatic carbocycles. The average Bonchev–Trinajstić information content (AvgIpc) is 2.41. The van der Waals surface area contributed by atoms with Crippen molar-refractivity contribution in [2.45, 2.75) is 18.6 Å². The molecule has 1 saturated heterocycles. The van der Waals surface area contributed by atoms with Gasteiger partial charge in [0.15, 0.2) is 0 Å². The summed E-state index contributed by atoms with van der Waals surface area (Å²) in [4.78, 5) is 12.3. The minimum Gasteiger partial charge on any atom is -0.465 e. The second-order valence-electron chi connectivity index (χ2n) is 4.55. The standard InChI is InChI=1S/C13H17FN2O3/c1-19-12-8-16(13(17)18)7-6-11(12)15-10-4-2-9(14)3-5-10/h2-5,11-12,15H,6-8H2,1H3,(H,17,18)/t11-,12+/m1/s1. The molecule has 2 rings (SSSR count). The van der Waals surface area contributed by atoms with Crippen LogP contribution < -0.4 is 5.32 Å². The lowest BCUT2D eigenvalue weighted by Crippen LogP contribution is -2.52. The number of anilines is 1. The summed E-state index contributed by atoms with van der Waals surface area (Å²) in [5.74, 6) is -0.283. The molecule has 0 bridgehead atoms. The third-order valence-corrected chi connectivity index (χ3v) is 3.33. The fraction of sp³-hybridized carbons (Fsp3) is 0.462. The van der Waals surface area contributed by atoms with Crippen LogP contribution in [0.2, 0.25) is 0 Å². The van der Waals surface area contributed by atoms with Crippen LogP contribution >= 0.6 is 0 Å². The molecule has 1 aromatic rings. The summed E-state index contributed by atoms with van der Waals surface area (Å²) in [6, 6.07) is 6.11. The van der Waals surface area contributed by atoms with Crippen molar-refractivity contribution in [1.29, 1.82) is 0 Å². The van der Waals surface area contributed by atoms with Gasteiger partial charge in [-0.25, -0.2) is 9.18 Å². The summed E-state index contributed by atoms with van der Waals surface area (Å²) in [7, 11) is 1.56. The highest BCUT2D eigenvalue weighted by molar-refractivity contribution is 5.65. The van der Waals surface area contributed by atoms with E-state index in [0.29, 0.717) is 19.5 Å². The summed E-state index contributed by atoms with van der Waals surface area (Å²) >= 11 is 0. The van der Waals surface area contributed by atoms with Crippen LogP contribution in [0.3, 0.4) is 0 Å². The first-order valence-electron chi connectivity index (χ1n) is 6.13. The maximum Gasteiger partial charge on any atom is 0.407 e. The van der Waals surface area contributed by atoms with Crippen LogP contribution in [-0.4, -0.2) is 48.4 Å². The van der Waals surface area contributed by atoms with Crippen molar-refractivity contribution in [2.24, 2.45) is 0 Å². The Morgan fingerprint density at radius 2 is 2.16 bits per heavy atom. The lowest BCUT2D eigenvalue weighted by Gasteiger charge is -2.37. The van der Waals surface area contributed by atoms with E-state index in [1.54, 1.807) is 19.2 Å². The van der Waals surface area contributed by atoms with Crippen LogP contribution in [0.25, 0.3) is 0 Å². The van der Waals surface area contributed by atoms with Gasteiger partial charge in [-0.3, -0.25) is 0 Å². The summed E-state index contributed by atoms with van der Waals surface area (Å²) in [5.41, 5.74) is 0.803. The molecule has 1 amide bonds. The molecule has 0 radical (unpaired) electrons. The number of carbonyl (C=O) groups is 1. The van der Waals surface area contributed by atoms with Crippen LogP contribution in [-0.2, 0) is 4.74 Å². The van der Waals surface area contributed by atoms with Crippen molar-refractivity contribution in [3.05, 3.63) is 30.1 Å². The molecule has 6 heteroatoms. The second-order valence-corrected chi connectivity index (χ2v) is 4.55. The fourth-order valence-corrected chi connectivity index (χ4v) is 2.25. The van der Waals surface area contributed by atoms with Gasteiger partial charge in [0.25, 0.3) is 0 Å². The average molecular weight is 268 g/mol. The SMILES string of the molecule is CO[C@H]1CN(C(=O)O)CC[C@H]1Nc1ccc(F)cc1. The first-order valence-corrected chi connectivity index (χ1v) is 6.13. The normalized spacial score (nSPS) is 23.2. The van der Waals surface area contributed by atoms with E-state index < -0.39 is 6.09 Å². The van der Waals surface area contributed by atoms with Gasteiger partial charge in [-0.2, -0.15) is 0 Å². The predicted molar refractivity (Wildman–Crippen MR) is 68.8 cm³/mol. The summed E-state index contributed by atoms with van der Waals surface area (Å²) in [6.45, 7) is 0.804. The fourth-order valence-electron chi connectivity index (χ4n) is 2.25. The monoisotopic (exact) mass is 268 g/mol. The quantitative estimate of drug-likeness (QED) is 0.880. The third kappa shape index (κ3) is 3.35. The Morgan fingerprint density at radius 3 is 2.74 bits per heavy atom. The van der Waals surface area contributed by atoms with Gasteiger partial charge < -0.3 is 20.1 Å². The maximum atomic E-state index is 12.8. The van der Waals surface area contributed by atoms with E-state index in [9.17, 15) is 9.18 Å². The van der Waals surface area contributed by atoms with Crippen molar-refractivity contribution in [3.63, 3.8) is 0 Å². The molecule has 1 heterocycles. The highest BCUT2D eigenvalue weighted by Crippen LogP contribution is 2.19. The van der Waals surface area contributed by atoms with Crippen molar-refractivity contribution < 1.29 is 19.0 Å². The number of amides is 1. The number of benzene rings is 1. The summed E-state index contributed by atoms with van der Waals surface area (Å²) < 4.78 is 18.2. The van der Waals surface area contributed by atoms with Gasteiger partial charge in [0, 0.05) is 19.3 Å². The number of likely N-dealkylation sites (tertiary alicyclic amines) is 1. The summed E-state index contributed by atoms with van der Waals surface area (Å²) in [5, 5.41) is 12.2. The lowest BCUT2D eigenvalue weighted by atomic mass is 10.0. The first kappa shape index (κ1) is 13.6. The van der Waals surface area contributed by atoms with E-state index in [4.69, 9.17) is 9.84 Å². The van der Waals surface area contributed by atoms with Gasteiger partial charge in [0.2, 0.25) is 0 Å². The van der Waals surface area contributed by atoms with Crippen molar-refractivity contribution in [3.8, 4) is 0 Å². The Morgan fingerprint density at radius 1 is 1.47 bits per heavy atom. The topological polar surface area (TPSA) is 61.8 Å². The first-order chi connectivity index (χ1) is 9.10. The van der Waals surface area contributed by atoms with E-state index in [2.05, 4.69) is 5.32 Å². The van der Waals surface area contributed by atoms with E-state index in [1.807, 2.05) is 0 Å². The molecular weight excluding hydrogens is 251 g/mol. The van der Waals surface area contributed by atoms with E-state index in [1.165, 1.54) is 17.0 Å². The maximum absolute atomic E-state index is 12.8. The molecule has 0 aliphatic carbocycles. The minimum atomic E-state index is -0.928. The number of nitrogens with zero attached hydrogens (tertiary/aromatic N) is 1. The highest BCUT2D eigenvalue weighted by atomic mass is 19.1. The van der Waals surface area contributed by atoms with Gasteiger partial charge in [-0.05, 0) is 30.7 Å². The molecule has 0 spiro atoms. The molecule has 19 heavy (non-hydrogen) atoms. The van der Waals surface area contributed by atoms with E-state index in [-0.39, 0.29) is 18.0 Å². The van der Waals surface area contributed by atoms with Crippen molar-refractivity contribution in [1.82, 2.24) is 4.90 Å². The number of hydrogen-bond donors (Lipinski definition) is 2. The number of carboxylic acid groups (broad SMARTS) is 1. The zero-order valence-electron chi connectivity index (χ0n) is 10.7. The number of rotatable bonds is 3. The Kier molecular flexibility index (Phi) is 4.21. The number of ether oxygens (including phenoxy) is 1. The number of piperidine rings is 1. The number of methoxy groups -OCH3 is 1. The molecule has 1 aliphatic rings. The van der Waals surface area contributed by atoms with Gasteiger partial charge in [0.1, 0.15) is 5.82 Å². The Balaban J connectivity index is 2.00. The molecule has 1 fully saturated rings. The molecule has 2 N–H and O–H groups in total. The van der Waals surface area contributed by atoms with Gasteiger partial charge in [0.05, 0.1) is 18.7 Å². The van der Waals surface area contributed by atoms with Gasteiger partial charge >= 0.3 is 6.09 Å². The number of hydrogen-bond acceptors (Lipinski definition) is 3. The largest absolute Gasteiger partial charge is 0.465 e. The van der Waals surface area contributed by atoms with E-state index >= 15 is 0 Å². The third-order valence-electron chi connectivity index (χ3n) is 3.33. The molecule has 2 atom stereocenters. The zero-order valence-corrected chi connectivity index (χ0v) is 10.7. The van der Waals surface area contributed by atoms with Crippen LogP contribution in [0.1, 0.15) is 6.42 Å². The zero-order chi connectivity index (χ0) is 13.8. The lowest BCUT2D eigenvalue weighted by molar-refractivity contribution is 0.0248. The molecule has 1 aliphatic heterocycles. The van der Waals surface area contributed by atoms with Gasteiger partial charge in [-0.1, -0.05) is 0 Å². The highest BCUT2D eigenvalue weighted by Gasteiger charge is 2.31. The molecule has 0 unspecified atom stereocenters. The predicted octanol–water partition coefficient (Wildman–Crippen LogP) is 2.00. The van der Waals surface area contributed by atoms with Gasteiger partial charge in [-0.15, -0.1) is 0 Å². The van der Waals surface area contributed by atoms with Crippen LogP contribution in [0.4, 0.5) is 14.9 Å². The molecule has 0 saturated carbocycles. The van der Waals surface area contributed by atoms with Crippen LogP contribution in [0, 0.1) is 5.82 Å². The Labute approximate surface area is 111 Å². The Bertz CT molecular complexity index is 438. The number of nitrogens with one attached hydrogen (secondary N) is 1. The second kappa shape index (κ2) is 5.88. The van der Waals surface area contributed by atoms with Crippen molar-refractivity contribution >= 4 is 11.8 Å². The number of halogens is 1. The summed E-state index contributed by atoms with van der Waals surface area (Å²) in [6.07, 6.45) is -0.487. The van der Waals surface area contributed by atoms with Crippen LogP contribution in [0.5, 0.6) is 0 Å². The minimum absolute atomic E-state index is 0.0195. The van der Waals surface area contributed by atoms with Crippen molar-refractivity contribution in [2.75, 3.05) is 25.5 Å². The smallest absolute Gasteiger partial charge is 0.407 e. The van der Waals surface area contributed by atoms with E-state index in [0.717, 1.165) is 5.69 Å². The molecule has 104 valence electrons.